The third kappa shape index (κ3) is 2.45. The van der Waals surface area contributed by atoms with E-state index >= 15 is 0 Å². The van der Waals surface area contributed by atoms with Gasteiger partial charge in [-0.1, -0.05) is 20.3 Å². The van der Waals surface area contributed by atoms with Gasteiger partial charge in [-0.25, -0.2) is 0 Å². The van der Waals surface area contributed by atoms with Crippen molar-refractivity contribution in [3.05, 3.63) is 0 Å². The molecule has 0 heterocycles. The van der Waals surface area contributed by atoms with Gasteiger partial charge in [-0.05, 0) is 36.5 Å². The molecule has 0 aromatic rings. The third-order valence-electron chi connectivity index (χ3n) is 5.22. The molecule has 3 nitrogen and oxygen atoms in total. The van der Waals surface area contributed by atoms with Crippen LogP contribution in [0.2, 0.25) is 0 Å². The van der Waals surface area contributed by atoms with Gasteiger partial charge in [0.2, 0.25) is 0 Å². The summed E-state index contributed by atoms with van der Waals surface area (Å²) in [7, 11) is 1.45. The van der Waals surface area contributed by atoms with Crippen molar-refractivity contribution < 1.29 is 14.3 Å². The molecule has 2 aliphatic rings. The van der Waals surface area contributed by atoms with Crippen LogP contribution >= 0.6 is 0 Å². The molecule has 0 amide bonds. The average molecular weight is 252 g/mol. The average Bonchev–Trinajstić information content (AvgIpc) is 2.37. The topological polar surface area (TPSA) is 43.4 Å². The van der Waals surface area contributed by atoms with Crippen molar-refractivity contribution in [3.8, 4) is 0 Å². The van der Waals surface area contributed by atoms with Crippen LogP contribution in [0.3, 0.4) is 0 Å². The van der Waals surface area contributed by atoms with Crippen molar-refractivity contribution in [1.82, 2.24) is 0 Å². The second kappa shape index (κ2) is 5.41. The Hall–Kier alpha value is -0.860. The Bertz CT molecular complexity index is 337. The van der Waals surface area contributed by atoms with Gasteiger partial charge in [0.1, 0.15) is 5.78 Å². The van der Waals surface area contributed by atoms with Crippen LogP contribution in [-0.2, 0) is 14.3 Å². The fraction of sp³-hybridized carbons (Fsp3) is 0.867. The van der Waals surface area contributed by atoms with E-state index < -0.39 is 0 Å². The van der Waals surface area contributed by atoms with Crippen LogP contribution in [0.5, 0.6) is 0 Å². The number of carbonyl (C=O) groups excluding carboxylic acids is 2. The van der Waals surface area contributed by atoms with Crippen LogP contribution in [0, 0.1) is 29.6 Å². The van der Waals surface area contributed by atoms with E-state index in [1.807, 2.05) is 6.92 Å². The first-order valence-corrected chi connectivity index (χ1v) is 7.14. The number of fused-ring (bicyclic) bond motifs is 1. The van der Waals surface area contributed by atoms with Crippen LogP contribution in [0.15, 0.2) is 0 Å². The van der Waals surface area contributed by atoms with Crippen LogP contribution in [0.25, 0.3) is 0 Å². The first kappa shape index (κ1) is 13.6. The molecule has 3 heteroatoms. The van der Waals surface area contributed by atoms with Crippen LogP contribution in [0.4, 0.5) is 0 Å². The second-order valence-corrected chi connectivity index (χ2v) is 6.14. The lowest BCUT2D eigenvalue weighted by atomic mass is 9.59. The summed E-state index contributed by atoms with van der Waals surface area (Å²) in [6, 6.07) is 0. The van der Waals surface area contributed by atoms with E-state index in [1.54, 1.807) is 0 Å². The molecule has 0 aromatic heterocycles. The molecule has 0 aromatic carbocycles. The predicted octanol–water partition coefficient (Wildman–Crippen LogP) is 2.83. The minimum absolute atomic E-state index is 0.0686. The third-order valence-corrected chi connectivity index (χ3v) is 5.22. The fourth-order valence-corrected chi connectivity index (χ4v) is 4.10. The maximum absolute atomic E-state index is 11.7. The molecular weight excluding hydrogens is 228 g/mol. The summed E-state index contributed by atoms with van der Waals surface area (Å²) in [4.78, 5) is 23.5. The first-order valence-electron chi connectivity index (χ1n) is 7.14. The Morgan fingerprint density at radius 3 is 2.67 bits per heavy atom. The second-order valence-electron chi connectivity index (χ2n) is 6.14. The summed E-state index contributed by atoms with van der Waals surface area (Å²) in [5.74, 6) is 2.27. The molecule has 0 spiro atoms. The number of ketones is 1. The Morgan fingerprint density at radius 2 is 2.00 bits per heavy atom. The van der Waals surface area contributed by atoms with Gasteiger partial charge in [-0.3, -0.25) is 9.59 Å². The number of Topliss-reactive ketones (excluding diaryl/α,β-unsaturated/α-hetero) is 1. The Morgan fingerprint density at radius 1 is 1.28 bits per heavy atom. The number of rotatable bonds is 2. The van der Waals surface area contributed by atoms with E-state index in [-0.39, 0.29) is 11.9 Å². The highest BCUT2D eigenvalue weighted by Crippen LogP contribution is 2.48. The lowest BCUT2D eigenvalue weighted by Gasteiger charge is -2.46. The maximum Gasteiger partial charge on any atom is 0.308 e. The Balaban J connectivity index is 2.15. The van der Waals surface area contributed by atoms with Crippen molar-refractivity contribution >= 4 is 11.8 Å². The van der Waals surface area contributed by atoms with Gasteiger partial charge in [-0.15, -0.1) is 0 Å². The number of hydrogen-bond acceptors (Lipinski definition) is 3. The molecule has 2 aliphatic carbocycles. The SMILES string of the molecule is COC(=O)[C@H](C)[C@@H]1CC[C@@H](C)[C@@H]2CCC(=O)C[C@@H]21. The highest BCUT2D eigenvalue weighted by molar-refractivity contribution is 5.79. The molecule has 18 heavy (non-hydrogen) atoms. The largest absolute Gasteiger partial charge is 0.469 e. The lowest BCUT2D eigenvalue weighted by Crippen LogP contribution is -2.42. The minimum atomic E-state index is -0.119. The van der Waals surface area contributed by atoms with E-state index in [1.165, 1.54) is 13.5 Å². The molecule has 0 radical (unpaired) electrons. The number of hydrogen-bond donors (Lipinski definition) is 0. The van der Waals surface area contributed by atoms with E-state index in [4.69, 9.17) is 4.74 Å². The number of carbonyl (C=O) groups is 2. The quantitative estimate of drug-likeness (QED) is 0.710. The number of ether oxygens (including phenoxy) is 1. The summed E-state index contributed by atoms with van der Waals surface area (Å²) < 4.78 is 4.87. The van der Waals surface area contributed by atoms with Crippen LogP contribution in [-0.4, -0.2) is 18.9 Å². The van der Waals surface area contributed by atoms with Crippen molar-refractivity contribution in [1.29, 1.82) is 0 Å². The Labute approximate surface area is 109 Å². The molecule has 0 unspecified atom stereocenters. The predicted molar refractivity (Wildman–Crippen MR) is 68.9 cm³/mol. The summed E-state index contributed by atoms with van der Waals surface area (Å²) >= 11 is 0. The smallest absolute Gasteiger partial charge is 0.308 e. The zero-order valence-corrected chi connectivity index (χ0v) is 11.6. The number of esters is 1. The van der Waals surface area contributed by atoms with E-state index in [2.05, 4.69) is 6.92 Å². The summed E-state index contributed by atoms with van der Waals surface area (Å²) in [5, 5.41) is 0. The van der Waals surface area contributed by atoms with Crippen molar-refractivity contribution in [2.45, 2.75) is 46.0 Å². The molecule has 102 valence electrons. The highest BCUT2D eigenvalue weighted by atomic mass is 16.5. The molecule has 0 saturated heterocycles. The van der Waals surface area contributed by atoms with Crippen molar-refractivity contribution in [2.24, 2.45) is 29.6 Å². The van der Waals surface area contributed by atoms with Gasteiger partial charge in [-0.2, -0.15) is 0 Å². The molecule has 5 atom stereocenters. The van der Waals surface area contributed by atoms with Gasteiger partial charge in [0.25, 0.3) is 0 Å². The zero-order chi connectivity index (χ0) is 13.3. The van der Waals surface area contributed by atoms with Crippen molar-refractivity contribution in [2.75, 3.05) is 7.11 Å². The lowest BCUT2D eigenvalue weighted by molar-refractivity contribution is -0.150. The fourth-order valence-electron chi connectivity index (χ4n) is 4.10. The van der Waals surface area contributed by atoms with Gasteiger partial charge in [0, 0.05) is 12.8 Å². The maximum atomic E-state index is 11.7. The van der Waals surface area contributed by atoms with Crippen LogP contribution < -0.4 is 0 Å². The van der Waals surface area contributed by atoms with Gasteiger partial charge < -0.3 is 4.74 Å². The monoisotopic (exact) mass is 252 g/mol. The normalized spacial score (nSPS) is 37.8. The standard InChI is InChI=1S/C15H24O3/c1-9-4-6-13(10(2)15(17)18-3)14-8-11(16)5-7-12(9)14/h9-10,12-14H,4-8H2,1-3H3/t9-,10-,12+,13+,14+/m1/s1. The Kier molecular flexibility index (Phi) is 4.08. The highest BCUT2D eigenvalue weighted by Gasteiger charge is 2.44. The molecule has 2 fully saturated rings. The molecular formula is C15H24O3. The molecule has 0 bridgehead atoms. The number of methoxy groups -OCH3 is 1. The van der Waals surface area contributed by atoms with E-state index in [9.17, 15) is 9.59 Å². The van der Waals surface area contributed by atoms with Gasteiger partial charge in [0.15, 0.2) is 0 Å². The molecule has 0 N–H and O–H groups in total. The zero-order valence-electron chi connectivity index (χ0n) is 11.6. The van der Waals surface area contributed by atoms with E-state index in [0.29, 0.717) is 35.9 Å². The minimum Gasteiger partial charge on any atom is -0.469 e. The van der Waals surface area contributed by atoms with Crippen molar-refractivity contribution in [3.63, 3.8) is 0 Å². The summed E-state index contributed by atoms with van der Waals surface area (Å²) in [5.41, 5.74) is 0. The first-order chi connectivity index (χ1) is 8.54. The molecule has 2 saturated carbocycles. The molecule has 2 rings (SSSR count). The van der Waals surface area contributed by atoms with E-state index in [0.717, 1.165) is 19.3 Å². The van der Waals surface area contributed by atoms with Gasteiger partial charge in [0.05, 0.1) is 13.0 Å². The van der Waals surface area contributed by atoms with Crippen LogP contribution in [0.1, 0.15) is 46.0 Å². The van der Waals surface area contributed by atoms with Gasteiger partial charge >= 0.3 is 5.97 Å². The summed E-state index contributed by atoms with van der Waals surface area (Å²) in [6.07, 6.45) is 4.69. The summed E-state index contributed by atoms with van der Waals surface area (Å²) in [6.45, 7) is 4.26. The molecule has 0 aliphatic heterocycles.